The number of rotatable bonds is 7. The molecule has 2 aromatic rings. The Labute approximate surface area is 174 Å². The molecule has 2 unspecified atom stereocenters. The number of unbranched alkanes of at least 4 members (excludes halogenated alkanes) is 1. The van der Waals surface area contributed by atoms with Gasteiger partial charge in [0.05, 0.1) is 17.9 Å². The van der Waals surface area contributed by atoms with Gasteiger partial charge in [0.1, 0.15) is 15.8 Å². The standard InChI is InChI=1S/C21H24ClN3O2S/c1-4-5-10-21(11-6-7-15(17(21)22)18(23)26)20-25-24-19(28-20)14-8-9-16(27-3)13(2)12-14/h6-9,11-12,17H,4-5,10H2,1-3H3,(H2,23,26). The molecular formula is C21H24ClN3O2S. The zero-order valence-corrected chi connectivity index (χ0v) is 17.8. The van der Waals surface area contributed by atoms with Crippen LogP contribution < -0.4 is 10.5 Å². The minimum Gasteiger partial charge on any atom is -0.496 e. The van der Waals surface area contributed by atoms with Crippen LogP contribution in [0.3, 0.4) is 0 Å². The van der Waals surface area contributed by atoms with Crippen molar-refractivity contribution in [1.82, 2.24) is 10.2 Å². The Balaban J connectivity index is 2.02. The van der Waals surface area contributed by atoms with Crippen molar-refractivity contribution < 1.29 is 9.53 Å². The first-order chi connectivity index (χ1) is 13.4. The molecule has 2 atom stereocenters. The maximum atomic E-state index is 11.9. The van der Waals surface area contributed by atoms with E-state index in [9.17, 15) is 4.79 Å². The van der Waals surface area contributed by atoms with Gasteiger partial charge in [-0.2, -0.15) is 0 Å². The summed E-state index contributed by atoms with van der Waals surface area (Å²) in [4.78, 5) is 11.9. The smallest absolute Gasteiger partial charge is 0.246 e. The van der Waals surface area contributed by atoms with Gasteiger partial charge in [0.25, 0.3) is 0 Å². The van der Waals surface area contributed by atoms with Crippen molar-refractivity contribution in [2.45, 2.75) is 43.9 Å². The third-order valence-corrected chi connectivity index (χ3v) is 6.88. The van der Waals surface area contributed by atoms with Crippen molar-refractivity contribution in [3.8, 4) is 16.3 Å². The number of carbonyl (C=O) groups is 1. The zero-order chi connectivity index (χ0) is 20.3. The monoisotopic (exact) mass is 417 g/mol. The van der Waals surface area contributed by atoms with Crippen LogP contribution in [0.4, 0.5) is 0 Å². The summed E-state index contributed by atoms with van der Waals surface area (Å²) < 4.78 is 5.34. The van der Waals surface area contributed by atoms with Crippen LogP contribution in [0.25, 0.3) is 10.6 Å². The van der Waals surface area contributed by atoms with Crippen LogP contribution in [0.1, 0.15) is 36.8 Å². The molecule has 0 spiro atoms. The Morgan fingerprint density at radius 2 is 2.18 bits per heavy atom. The summed E-state index contributed by atoms with van der Waals surface area (Å²) >= 11 is 8.30. The summed E-state index contributed by atoms with van der Waals surface area (Å²) in [7, 11) is 1.66. The molecule has 1 heterocycles. The summed E-state index contributed by atoms with van der Waals surface area (Å²) in [6.45, 7) is 4.12. The molecule has 0 radical (unpaired) electrons. The first kappa shape index (κ1) is 20.6. The van der Waals surface area contributed by atoms with E-state index in [2.05, 4.69) is 17.1 Å². The number of benzene rings is 1. The second kappa shape index (κ2) is 8.45. The molecule has 1 amide bonds. The lowest BCUT2D eigenvalue weighted by Crippen LogP contribution is -2.40. The third kappa shape index (κ3) is 3.71. The number of hydrogen-bond acceptors (Lipinski definition) is 5. The molecule has 2 N–H and O–H groups in total. The molecular weight excluding hydrogens is 394 g/mol. The van der Waals surface area contributed by atoms with Crippen LogP contribution >= 0.6 is 22.9 Å². The Morgan fingerprint density at radius 1 is 1.39 bits per heavy atom. The molecule has 0 fully saturated rings. The molecule has 0 saturated carbocycles. The van der Waals surface area contributed by atoms with Gasteiger partial charge in [-0.1, -0.05) is 49.3 Å². The summed E-state index contributed by atoms with van der Waals surface area (Å²) in [5, 5.41) is 9.93. The van der Waals surface area contributed by atoms with Gasteiger partial charge in [-0.05, 0) is 37.1 Å². The van der Waals surface area contributed by atoms with E-state index >= 15 is 0 Å². The number of carbonyl (C=O) groups excluding carboxylic acids is 1. The van der Waals surface area contributed by atoms with Gasteiger partial charge in [0, 0.05) is 11.1 Å². The molecule has 1 aliphatic carbocycles. The number of methoxy groups -OCH3 is 1. The number of nitrogens with zero attached hydrogens (tertiary/aromatic N) is 2. The second-order valence-corrected chi connectivity index (χ2v) is 8.36. The maximum Gasteiger partial charge on any atom is 0.246 e. The van der Waals surface area contributed by atoms with Crippen LogP contribution in [0.15, 0.2) is 42.0 Å². The van der Waals surface area contributed by atoms with E-state index in [0.29, 0.717) is 5.57 Å². The molecule has 1 aliphatic rings. The molecule has 0 aliphatic heterocycles. The Morgan fingerprint density at radius 3 is 2.82 bits per heavy atom. The topological polar surface area (TPSA) is 78.1 Å². The number of alkyl halides is 1. The van der Waals surface area contributed by atoms with E-state index in [1.807, 2.05) is 37.3 Å². The number of aryl methyl sites for hydroxylation is 1. The van der Waals surface area contributed by atoms with Gasteiger partial charge in [-0.25, -0.2) is 0 Å². The number of nitrogens with two attached hydrogens (primary N) is 1. The fraction of sp³-hybridized carbons (Fsp3) is 0.381. The number of ether oxygens (including phenoxy) is 1. The van der Waals surface area contributed by atoms with E-state index in [-0.39, 0.29) is 0 Å². The Kier molecular flexibility index (Phi) is 6.20. The highest BCUT2D eigenvalue weighted by Gasteiger charge is 2.44. The fourth-order valence-corrected chi connectivity index (χ4v) is 5.08. The molecule has 148 valence electrons. The quantitative estimate of drug-likeness (QED) is 0.671. The van der Waals surface area contributed by atoms with Crippen LogP contribution in [-0.2, 0) is 10.2 Å². The third-order valence-electron chi connectivity index (χ3n) is 5.09. The van der Waals surface area contributed by atoms with Crippen LogP contribution in [0.5, 0.6) is 5.75 Å². The predicted molar refractivity (Wildman–Crippen MR) is 114 cm³/mol. The van der Waals surface area contributed by atoms with Crippen molar-refractivity contribution in [3.05, 3.63) is 52.6 Å². The van der Waals surface area contributed by atoms with Gasteiger partial charge in [0.2, 0.25) is 5.91 Å². The summed E-state index contributed by atoms with van der Waals surface area (Å²) in [6, 6.07) is 5.93. The van der Waals surface area contributed by atoms with E-state index in [1.165, 1.54) is 11.3 Å². The molecule has 28 heavy (non-hydrogen) atoms. The number of amides is 1. The molecule has 0 saturated heterocycles. The minimum atomic E-state index is -0.589. The van der Waals surface area contributed by atoms with Gasteiger partial charge in [-0.3, -0.25) is 4.79 Å². The zero-order valence-electron chi connectivity index (χ0n) is 16.2. The normalized spacial score (nSPS) is 21.4. The first-order valence-electron chi connectivity index (χ1n) is 9.25. The van der Waals surface area contributed by atoms with Crippen molar-refractivity contribution in [1.29, 1.82) is 0 Å². The summed E-state index contributed by atoms with van der Waals surface area (Å²) in [5.41, 5.74) is 7.39. The van der Waals surface area contributed by atoms with Crippen molar-refractivity contribution in [2.24, 2.45) is 5.73 Å². The Bertz CT molecular complexity index is 937. The molecule has 1 aromatic heterocycles. The highest BCUT2D eigenvalue weighted by molar-refractivity contribution is 7.14. The van der Waals surface area contributed by atoms with Crippen LogP contribution in [-0.4, -0.2) is 28.6 Å². The lowest BCUT2D eigenvalue weighted by molar-refractivity contribution is -0.114. The predicted octanol–water partition coefficient (Wildman–Crippen LogP) is 4.54. The number of aromatic nitrogens is 2. The maximum absolute atomic E-state index is 11.9. The van der Waals surface area contributed by atoms with Crippen molar-refractivity contribution >= 4 is 28.8 Å². The number of hydrogen-bond donors (Lipinski definition) is 1. The van der Waals surface area contributed by atoms with E-state index in [1.54, 1.807) is 13.2 Å². The minimum absolute atomic E-state index is 0.414. The average molecular weight is 418 g/mol. The summed E-state index contributed by atoms with van der Waals surface area (Å²) in [5.74, 6) is 0.334. The molecule has 5 nitrogen and oxygen atoms in total. The molecule has 7 heteroatoms. The summed E-state index contributed by atoms with van der Waals surface area (Å²) in [6.07, 6.45) is 8.33. The first-order valence-corrected chi connectivity index (χ1v) is 10.5. The Hall–Kier alpha value is -2.18. The number of halogens is 1. The fourth-order valence-electron chi connectivity index (χ4n) is 3.48. The van der Waals surface area contributed by atoms with Crippen LogP contribution in [0, 0.1) is 6.92 Å². The highest BCUT2D eigenvalue weighted by atomic mass is 35.5. The average Bonchev–Trinajstić information content (AvgIpc) is 3.18. The molecule has 0 bridgehead atoms. The van der Waals surface area contributed by atoms with Gasteiger partial charge >= 0.3 is 0 Å². The van der Waals surface area contributed by atoms with Crippen molar-refractivity contribution in [2.75, 3.05) is 7.11 Å². The molecule has 3 rings (SSSR count). The van der Waals surface area contributed by atoms with Crippen molar-refractivity contribution in [3.63, 3.8) is 0 Å². The van der Waals surface area contributed by atoms with Gasteiger partial charge in [-0.15, -0.1) is 21.8 Å². The second-order valence-electron chi connectivity index (χ2n) is 6.95. The van der Waals surface area contributed by atoms with E-state index < -0.39 is 16.7 Å². The lowest BCUT2D eigenvalue weighted by atomic mass is 9.74. The van der Waals surface area contributed by atoms with E-state index in [4.69, 9.17) is 22.1 Å². The highest BCUT2D eigenvalue weighted by Crippen LogP contribution is 2.45. The number of primary amides is 1. The SMILES string of the molecule is CCCCC1(c2nnc(-c3ccc(OC)c(C)c3)s2)C=CC=C(C(N)=O)C1Cl. The van der Waals surface area contributed by atoms with Gasteiger partial charge in [0.15, 0.2) is 0 Å². The van der Waals surface area contributed by atoms with E-state index in [0.717, 1.165) is 46.2 Å². The number of allylic oxidation sites excluding steroid dienone is 3. The largest absolute Gasteiger partial charge is 0.496 e. The lowest BCUT2D eigenvalue weighted by Gasteiger charge is -2.35. The molecule has 1 aromatic carbocycles. The van der Waals surface area contributed by atoms with Crippen LogP contribution in [0.2, 0.25) is 0 Å². The van der Waals surface area contributed by atoms with Gasteiger partial charge < -0.3 is 10.5 Å².